The lowest BCUT2D eigenvalue weighted by Crippen LogP contribution is -2.04. The normalized spacial score (nSPS) is 18.2. The predicted octanol–water partition coefficient (Wildman–Crippen LogP) is 2.34. The van der Waals surface area contributed by atoms with E-state index < -0.39 is 15.3 Å². The second-order valence-corrected chi connectivity index (χ2v) is 7.40. The number of rotatable bonds is 2. The Labute approximate surface area is 103 Å². The summed E-state index contributed by atoms with van der Waals surface area (Å²) in [6.45, 7) is 4.51. The van der Waals surface area contributed by atoms with Crippen molar-refractivity contribution in [2.45, 2.75) is 25.0 Å². The standard InChI is InChI=1S/C9H11ClO4S2/c1-5-7(9-13-3-4-14-9)8(6(2)15-5)16(10,11)12/h9H,3-4H2,1-2H3. The van der Waals surface area contributed by atoms with Crippen molar-refractivity contribution in [3.05, 3.63) is 15.3 Å². The smallest absolute Gasteiger partial charge is 0.262 e. The number of aryl methyl sites for hydroxylation is 2. The van der Waals surface area contributed by atoms with Crippen LogP contribution in [0.3, 0.4) is 0 Å². The molecule has 90 valence electrons. The minimum atomic E-state index is -3.76. The molecule has 1 saturated heterocycles. The molecule has 0 aliphatic carbocycles. The van der Waals surface area contributed by atoms with Gasteiger partial charge in [0.25, 0.3) is 9.05 Å². The van der Waals surface area contributed by atoms with Crippen LogP contribution in [-0.2, 0) is 18.5 Å². The fraction of sp³-hybridized carbons (Fsp3) is 0.556. The van der Waals surface area contributed by atoms with Gasteiger partial charge in [-0.3, -0.25) is 0 Å². The maximum Gasteiger partial charge on any atom is 0.262 e. The minimum Gasteiger partial charge on any atom is -0.346 e. The molecule has 0 spiro atoms. The van der Waals surface area contributed by atoms with Gasteiger partial charge in [0.15, 0.2) is 6.29 Å². The summed E-state index contributed by atoms with van der Waals surface area (Å²) >= 11 is 1.39. The van der Waals surface area contributed by atoms with Gasteiger partial charge in [0, 0.05) is 26.0 Å². The van der Waals surface area contributed by atoms with E-state index in [0.717, 1.165) is 4.88 Å². The highest BCUT2D eigenvalue weighted by Crippen LogP contribution is 2.40. The highest BCUT2D eigenvalue weighted by atomic mass is 35.7. The van der Waals surface area contributed by atoms with E-state index in [9.17, 15) is 8.42 Å². The van der Waals surface area contributed by atoms with E-state index in [-0.39, 0.29) is 4.90 Å². The molecule has 0 saturated carbocycles. The molecule has 2 rings (SSSR count). The van der Waals surface area contributed by atoms with Gasteiger partial charge in [-0.25, -0.2) is 8.42 Å². The van der Waals surface area contributed by atoms with Crippen molar-refractivity contribution in [1.29, 1.82) is 0 Å². The second-order valence-electron chi connectivity index (χ2n) is 3.47. The van der Waals surface area contributed by atoms with Crippen molar-refractivity contribution in [2.75, 3.05) is 13.2 Å². The summed E-state index contributed by atoms with van der Waals surface area (Å²) in [5.74, 6) is 0. The third kappa shape index (κ3) is 2.12. The van der Waals surface area contributed by atoms with Crippen LogP contribution in [-0.4, -0.2) is 21.6 Å². The maximum absolute atomic E-state index is 11.5. The number of hydrogen-bond donors (Lipinski definition) is 0. The first-order valence-corrected chi connectivity index (χ1v) is 7.81. The molecule has 0 N–H and O–H groups in total. The quantitative estimate of drug-likeness (QED) is 0.781. The van der Waals surface area contributed by atoms with Gasteiger partial charge in [0.05, 0.1) is 13.2 Å². The topological polar surface area (TPSA) is 52.6 Å². The average molecular weight is 283 g/mol. The van der Waals surface area contributed by atoms with E-state index >= 15 is 0 Å². The average Bonchev–Trinajstić information content (AvgIpc) is 2.70. The van der Waals surface area contributed by atoms with Gasteiger partial charge in [-0.15, -0.1) is 11.3 Å². The van der Waals surface area contributed by atoms with Gasteiger partial charge in [0.2, 0.25) is 0 Å². The Morgan fingerprint density at radius 1 is 1.25 bits per heavy atom. The van der Waals surface area contributed by atoms with Crippen molar-refractivity contribution in [2.24, 2.45) is 0 Å². The van der Waals surface area contributed by atoms with Gasteiger partial charge < -0.3 is 9.47 Å². The Bertz CT molecular complexity index is 500. The molecule has 2 heterocycles. The maximum atomic E-state index is 11.5. The van der Waals surface area contributed by atoms with Crippen molar-refractivity contribution in [3.8, 4) is 0 Å². The van der Waals surface area contributed by atoms with Gasteiger partial charge in [-0.1, -0.05) is 0 Å². The predicted molar refractivity (Wildman–Crippen MR) is 61.5 cm³/mol. The minimum absolute atomic E-state index is 0.142. The summed E-state index contributed by atoms with van der Waals surface area (Å²) in [7, 11) is 1.67. The van der Waals surface area contributed by atoms with Gasteiger partial charge in [-0.2, -0.15) is 0 Å². The molecule has 4 nitrogen and oxygen atoms in total. The fourth-order valence-corrected chi connectivity index (χ4v) is 4.86. The zero-order chi connectivity index (χ0) is 11.9. The monoisotopic (exact) mass is 282 g/mol. The molecule has 7 heteroatoms. The number of thiophene rings is 1. The molecule has 1 fully saturated rings. The summed E-state index contributed by atoms with van der Waals surface area (Å²) in [6.07, 6.45) is -0.603. The zero-order valence-corrected chi connectivity index (χ0v) is 11.2. The Balaban J connectivity index is 2.59. The molecule has 0 unspecified atom stereocenters. The molecular formula is C9H11ClO4S2. The number of hydrogen-bond acceptors (Lipinski definition) is 5. The molecule has 0 atom stereocenters. The van der Waals surface area contributed by atoms with Crippen molar-refractivity contribution < 1.29 is 17.9 Å². The third-order valence-electron chi connectivity index (χ3n) is 2.35. The largest absolute Gasteiger partial charge is 0.346 e. The van der Waals surface area contributed by atoms with Crippen LogP contribution < -0.4 is 0 Å². The second kappa shape index (κ2) is 4.27. The van der Waals surface area contributed by atoms with Crippen molar-refractivity contribution >= 4 is 31.1 Å². The summed E-state index contributed by atoms with van der Waals surface area (Å²) in [5, 5.41) is 0. The summed E-state index contributed by atoms with van der Waals surface area (Å²) < 4.78 is 33.7. The molecule has 1 aromatic rings. The van der Waals surface area contributed by atoms with E-state index in [4.69, 9.17) is 20.2 Å². The SMILES string of the molecule is Cc1sc(C)c(S(=O)(=O)Cl)c1C1OCCO1. The van der Waals surface area contributed by atoms with Crippen molar-refractivity contribution in [1.82, 2.24) is 0 Å². The van der Waals surface area contributed by atoms with Crippen LogP contribution in [0.5, 0.6) is 0 Å². The first kappa shape index (κ1) is 12.3. The molecule has 0 aromatic carbocycles. The molecule has 1 aromatic heterocycles. The highest BCUT2D eigenvalue weighted by molar-refractivity contribution is 8.14. The lowest BCUT2D eigenvalue weighted by Gasteiger charge is -2.10. The third-order valence-corrected chi connectivity index (χ3v) is 4.99. The molecule has 1 aliphatic rings. The summed E-state index contributed by atoms with van der Waals surface area (Å²) in [5.41, 5.74) is 0.551. The summed E-state index contributed by atoms with van der Waals surface area (Å²) in [4.78, 5) is 1.67. The first-order chi connectivity index (χ1) is 7.41. The molecular weight excluding hydrogens is 272 g/mol. The van der Waals surface area contributed by atoms with E-state index in [2.05, 4.69) is 0 Å². The van der Waals surface area contributed by atoms with E-state index in [1.807, 2.05) is 6.92 Å². The molecule has 0 amide bonds. The lowest BCUT2D eigenvalue weighted by atomic mass is 10.2. The van der Waals surface area contributed by atoms with Crippen molar-refractivity contribution in [3.63, 3.8) is 0 Å². The van der Waals surface area contributed by atoms with Crippen LogP contribution in [0, 0.1) is 13.8 Å². The van der Waals surface area contributed by atoms with Gasteiger partial charge >= 0.3 is 0 Å². The Morgan fingerprint density at radius 3 is 2.31 bits per heavy atom. The van der Waals surface area contributed by atoms with Crippen LogP contribution in [0.15, 0.2) is 4.90 Å². The Morgan fingerprint density at radius 2 is 1.81 bits per heavy atom. The van der Waals surface area contributed by atoms with E-state index in [1.54, 1.807) is 6.92 Å². The van der Waals surface area contributed by atoms with Crippen LogP contribution in [0.2, 0.25) is 0 Å². The van der Waals surface area contributed by atoms with Crippen LogP contribution in [0.1, 0.15) is 21.6 Å². The first-order valence-electron chi connectivity index (χ1n) is 4.69. The van der Waals surface area contributed by atoms with Crippen LogP contribution >= 0.6 is 22.0 Å². The van der Waals surface area contributed by atoms with Gasteiger partial charge in [-0.05, 0) is 13.8 Å². The van der Waals surface area contributed by atoms with E-state index in [1.165, 1.54) is 11.3 Å². The zero-order valence-electron chi connectivity index (χ0n) is 8.82. The molecule has 16 heavy (non-hydrogen) atoms. The van der Waals surface area contributed by atoms with E-state index in [0.29, 0.717) is 23.7 Å². The number of halogens is 1. The van der Waals surface area contributed by atoms with Crippen LogP contribution in [0.4, 0.5) is 0 Å². The van der Waals surface area contributed by atoms with Gasteiger partial charge in [0.1, 0.15) is 4.90 Å². The molecule has 0 radical (unpaired) electrons. The lowest BCUT2D eigenvalue weighted by molar-refractivity contribution is -0.0461. The highest BCUT2D eigenvalue weighted by Gasteiger charge is 2.31. The number of ether oxygens (including phenoxy) is 2. The molecule has 1 aliphatic heterocycles. The summed E-state index contributed by atoms with van der Waals surface area (Å²) in [6, 6.07) is 0. The Hall–Kier alpha value is -0.140. The molecule has 0 bridgehead atoms. The fourth-order valence-electron chi connectivity index (χ4n) is 1.78. The Kier molecular flexibility index (Phi) is 3.29. The van der Waals surface area contributed by atoms with Crippen LogP contribution in [0.25, 0.3) is 0 Å².